The Morgan fingerprint density at radius 2 is 2.00 bits per heavy atom. The molecule has 0 saturated carbocycles. The Morgan fingerprint density at radius 1 is 1.24 bits per heavy atom. The second-order valence-corrected chi connectivity index (χ2v) is 4.36. The van der Waals surface area contributed by atoms with E-state index in [-0.39, 0.29) is 11.9 Å². The summed E-state index contributed by atoms with van der Waals surface area (Å²) in [4.78, 5) is 13.8. The summed E-state index contributed by atoms with van der Waals surface area (Å²) in [6, 6.07) is 9.48. The first-order valence-electron chi connectivity index (χ1n) is 6.08. The zero-order chi connectivity index (χ0) is 12.1. The minimum Gasteiger partial charge on any atom is -0.368 e. The normalized spacial score (nSPS) is 19.5. The molecule has 1 atom stereocenters. The molecule has 1 aliphatic rings. The van der Waals surface area contributed by atoms with Crippen molar-refractivity contribution in [3.63, 3.8) is 0 Å². The Morgan fingerprint density at radius 3 is 2.71 bits per heavy atom. The SMILES string of the molecule is NC(=O)C(c1ccccc1)N1CCCNCC1. The van der Waals surface area contributed by atoms with Crippen LogP contribution in [0.25, 0.3) is 0 Å². The number of nitrogens with zero attached hydrogens (tertiary/aromatic N) is 1. The summed E-state index contributed by atoms with van der Waals surface area (Å²) in [5.41, 5.74) is 6.54. The minimum absolute atomic E-state index is 0.266. The van der Waals surface area contributed by atoms with Crippen LogP contribution in [0.4, 0.5) is 0 Å². The van der Waals surface area contributed by atoms with E-state index >= 15 is 0 Å². The topological polar surface area (TPSA) is 58.4 Å². The number of carbonyl (C=O) groups is 1. The average molecular weight is 233 g/mol. The molecule has 0 aromatic heterocycles. The highest BCUT2D eigenvalue weighted by atomic mass is 16.1. The zero-order valence-electron chi connectivity index (χ0n) is 9.93. The van der Waals surface area contributed by atoms with E-state index in [0.717, 1.165) is 38.2 Å². The first-order valence-corrected chi connectivity index (χ1v) is 6.08. The molecular weight excluding hydrogens is 214 g/mol. The van der Waals surface area contributed by atoms with Crippen LogP contribution in [-0.2, 0) is 4.79 Å². The van der Waals surface area contributed by atoms with Gasteiger partial charge in [0.05, 0.1) is 0 Å². The molecule has 0 radical (unpaired) electrons. The smallest absolute Gasteiger partial charge is 0.239 e. The van der Waals surface area contributed by atoms with E-state index in [1.165, 1.54) is 0 Å². The van der Waals surface area contributed by atoms with Gasteiger partial charge in [-0.15, -0.1) is 0 Å². The van der Waals surface area contributed by atoms with Gasteiger partial charge in [-0.1, -0.05) is 30.3 Å². The van der Waals surface area contributed by atoms with Gasteiger partial charge < -0.3 is 11.1 Å². The van der Waals surface area contributed by atoms with Crippen molar-refractivity contribution in [2.24, 2.45) is 5.73 Å². The number of hydrogen-bond donors (Lipinski definition) is 2. The molecular formula is C13H19N3O. The fraction of sp³-hybridized carbons (Fsp3) is 0.462. The molecule has 0 bridgehead atoms. The molecule has 17 heavy (non-hydrogen) atoms. The van der Waals surface area contributed by atoms with Gasteiger partial charge in [0.1, 0.15) is 6.04 Å². The molecule has 1 amide bonds. The minimum atomic E-state index is -0.295. The van der Waals surface area contributed by atoms with Crippen molar-refractivity contribution >= 4 is 5.91 Å². The fourth-order valence-electron chi connectivity index (χ4n) is 2.32. The number of hydrogen-bond acceptors (Lipinski definition) is 3. The van der Waals surface area contributed by atoms with Crippen LogP contribution in [0.3, 0.4) is 0 Å². The van der Waals surface area contributed by atoms with E-state index in [1.54, 1.807) is 0 Å². The zero-order valence-corrected chi connectivity index (χ0v) is 9.93. The second-order valence-electron chi connectivity index (χ2n) is 4.36. The highest BCUT2D eigenvalue weighted by molar-refractivity contribution is 5.81. The van der Waals surface area contributed by atoms with Crippen molar-refractivity contribution in [1.29, 1.82) is 0 Å². The molecule has 2 rings (SSSR count). The van der Waals surface area contributed by atoms with E-state index in [9.17, 15) is 4.79 Å². The molecule has 1 saturated heterocycles. The van der Waals surface area contributed by atoms with Crippen LogP contribution in [0.1, 0.15) is 18.0 Å². The number of primary amides is 1. The lowest BCUT2D eigenvalue weighted by molar-refractivity contribution is -0.123. The predicted octanol–water partition coefficient (Wildman–Crippen LogP) is 0.508. The monoisotopic (exact) mass is 233 g/mol. The van der Waals surface area contributed by atoms with Gasteiger partial charge in [0.25, 0.3) is 0 Å². The molecule has 1 aliphatic heterocycles. The van der Waals surface area contributed by atoms with Crippen molar-refractivity contribution in [1.82, 2.24) is 10.2 Å². The van der Waals surface area contributed by atoms with Crippen LogP contribution in [0, 0.1) is 0 Å². The van der Waals surface area contributed by atoms with Crippen LogP contribution in [0.15, 0.2) is 30.3 Å². The number of nitrogens with two attached hydrogens (primary N) is 1. The van der Waals surface area contributed by atoms with Gasteiger partial charge in [-0.2, -0.15) is 0 Å². The molecule has 4 nitrogen and oxygen atoms in total. The van der Waals surface area contributed by atoms with Gasteiger partial charge >= 0.3 is 0 Å². The Kier molecular flexibility index (Phi) is 4.12. The molecule has 3 N–H and O–H groups in total. The Hall–Kier alpha value is -1.39. The quantitative estimate of drug-likeness (QED) is 0.799. The first kappa shape index (κ1) is 12.1. The lowest BCUT2D eigenvalue weighted by atomic mass is 10.0. The summed E-state index contributed by atoms with van der Waals surface area (Å²) in [5, 5.41) is 3.33. The summed E-state index contributed by atoms with van der Waals surface area (Å²) in [6.07, 6.45) is 1.05. The Labute approximate surface area is 102 Å². The lowest BCUT2D eigenvalue weighted by Crippen LogP contribution is -2.39. The van der Waals surface area contributed by atoms with Crippen molar-refractivity contribution in [3.8, 4) is 0 Å². The van der Waals surface area contributed by atoms with Gasteiger partial charge in [-0.05, 0) is 18.5 Å². The molecule has 1 unspecified atom stereocenters. The maximum Gasteiger partial charge on any atom is 0.239 e. The van der Waals surface area contributed by atoms with Crippen LogP contribution in [-0.4, -0.2) is 37.0 Å². The summed E-state index contributed by atoms with van der Waals surface area (Å²) in [5.74, 6) is -0.266. The number of carbonyl (C=O) groups excluding carboxylic acids is 1. The maximum absolute atomic E-state index is 11.7. The largest absolute Gasteiger partial charge is 0.368 e. The van der Waals surface area contributed by atoms with Gasteiger partial charge in [-0.3, -0.25) is 9.69 Å². The number of benzene rings is 1. The number of nitrogens with one attached hydrogen (secondary N) is 1. The molecule has 92 valence electrons. The van der Waals surface area contributed by atoms with E-state index in [2.05, 4.69) is 10.2 Å². The van der Waals surface area contributed by atoms with Gasteiger partial charge in [0, 0.05) is 19.6 Å². The molecule has 0 aliphatic carbocycles. The predicted molar refractivity (Wildman–Crippen MR) is 67.4 cm³/mol. The van der Waals surface area contributed by atoms with Gasteiger partial charge in [0.15, 0.2) is 0 Å². The molecule has 1 aromatic carbocycles. The summed E-state index contributed by atoms with van der Waals surface area (Å²) >= 11 is 0. The summed E-state index contributed by atoms with van der Waals surface area (Å²) in [7, 11) is 0. The van der Waals surface area contributed by atoms with Crippen LogP contribution >= 0.6 is 0 Å². The molecule has 1 aromatic rings. The van der Waals surface area contributed by atoms with Crippen molar-refractivity contribution in [3.05, 3.63) is 35.9 Å². The molecule has 4 heteroatoms. The Balaban J connectivity index is 2.19. The van der Waals surface area contributed by atoms with E-state index in [0.29, 0.717) is 0 Å². The standard InChI is InChI=1S/C13H19N3O/c14-13(17)12(11-5-2-1-3-6-11)16-9-4-7-15-8-10-16/h1-3,5-6,12,15H,4,7-10H2,(H2,14,17). The third kappa shape index (κ3) is 3.05. The lowest BCUT2D eigenvalue weighted by Gasteiger charge is -2.28. The van der Waals surface area contributed by atoms with Gasteiger partial charge in [-0.25, -0.2) is 0 Å². The van der Waals surface area contributed by atoms with E-state index in [1.807, 2.05) is 30.3 Å². The number of amides is 1. The van der Waals surface area contributed by atoms with Crippen molar-refractivity contribution < 1.29 is 4.79 Å². The average Bonchev–Trinajstić information content (AvgIpc) is 2.59. The van der Waals surface area contributed by atoms with Gasteiger partial charge in [0.2, 0.25) is 5.91 Å². The van der Waals surface area contributed by atoms with Crippen LogP contribution in [0.5, 0.6) is 0 Å². The molecule has 1 fully saturated rings. The highest BCUT2D eigenvalue weighted by Gasteiger charge is 2.25. The van der Waals surface area contributed by atoms with Crippen LogP contribution in [0.2, 0.25) is 0 Å². The van der Waals surface area contributed by atoms with Crippen LogP contribution < -0.4 is 11.1 Å². The highest BCUT2D eigenvalue weighted by Crippen LogP contribution is 2.20. The van der Waals surface area contributed by atoms with Crippen molar-refractivity contribution in [2.45, 2.75) is 12.5 Å². The third-order valence-electron chi connectivity index (χ3n) is 3.12. The molecule has 1 heterocycles. The second kappa shape index (κ2) is 5.80. The fourth-order valence-corrected chi connectivity index (χ4v) is 2.32. The molecule has 0 spiro atoms. The summed E-state index contributed by atoms with van der Waals surface area (Å²) in [6.45, 7) is 3.70. The maximum atomic E-state index is 11.7. The van der Waals surface area contributed by atoms with Crippen molar-refractivity contribution in [2.75, 3.05) is 26.2 Å². The summed E-state index contributed by atoms with van der Waals surface area (Å²) < 4.78 is 0. The van der Waals surface area contributed by atoms with E-state index in [4.69, 9.17) is 5.73 Å². The number of rotatable bonds is 3. The first-order chi connectivity index (χ1) is 8.29. The third-order valence-corrected chi connectivity index (χ3v) is 3.12. The van der Waals surface area contributed by atoms with E-state index < -0.39 is 0 Å². The Bertz CT molecular complexity index is 358.